The standard InChI is InChI=1S/C13H21N3O/c1-9(2)13(3,4)8-16-12(17)10-6-5-7-15-11(10)14/h5-7,9H,8H2,1-4H3,(H2,14,15)(H,16,17). The van der Waals surface area contributed by atoms with E-state index in [4.69, 9.17) is 5.73 Å². The third-order valence-electron chi connectivity index (χ3n) is 3.35. The van der Waals surface area contributed by atoms with Crippen LogP contribution in [0.25, 0.3) is 0 Å². The molecule has 0 atom stereocenters. The van der Waals surface area contributed by atoms with Gasteiger partial charge in [-0.15, -0.1) is 0 Å². The molecular formula is C13H21N3O. The lowest BCUT2D eigenvalue weighted by molar-refractivity contribution is 0.0925. The van der Waals surface area contributed by atoms with Crippen molar-refractivity contribution in [2.75, 3.05) is 12.3 Å². The SMILES string of the molecule is CC(C)C(C)(C)CNC(=O)c1cccnc1N. The van der Waals surface area contributed by atoms with Gasteiger partial charge in [0.1, 0.15) is 5.82 Å². The summed E-state index contributed by atoms with van der Waals surface area (Å²) in [6.45, 7) is 9.17. The highest BCUT2D eigenvalue weighted by Gasteiger charge is 2.23. The average Bonchev–Trinajstić information content (AvgIpc) is 2.26. The van der Waals surface area contributed by atoms with Crippen molar-refractivity contribution in [3.8, 4) is 0 Å². The van der Waals surface area contributed by atoms with Gasteiger partial charge in [0.05, 0.1) is 5.56 Å². The number of nitrogens with two attached hydrogens (primary N) is 1. The minimum atomic E-state index is -0.163. The Morgan fingerprint density at radius 3 is 2.71 bits per heavy atom. The molecule has 0 radical (unpaired) electrons. The van der Waals surface area contributed by atoms with Crippen molar-refractivity contribution in [3.63, 3.8) is 0 Å². The van der Waals surface area contributed by atoms with E-state index in [9.17, 15) is 4.79 Å². The molecule has 0 spiro atoms. The van der Waals surface area contributed by atoms with E-state index in [0.29, 0.717) is 18.0 Å². The van der Waals surface area contributed by atoms with Crippen molar-refractivity contribution in [2.45, 2.75) is 27.7 Å². The van der Waals surface area contributed by atoms with Crippen LogP contribution in [0.2, 0.25) is 0 Å². The van der Waals surface area contributed by atoms with E-state index < -0.39 is 0 Å². The molecule has 0 bridgehead atoms. The predicted octanol–water partition coefficient (Wildman–Crippen LogP) is 2.08. The van der Waals surface area contributed by atoms with Gasteiger partial charge >= 0.3 is 0 Å². The molecule has 1 amide bonds. The van der Waals surface area contributed by atoms with E-state index in [0.717, 1.165) is 0 Å². The maximum Gasteiger partial charge on any atom is 0.255 e. The number of aromatic nitrogens is 1. The van der Waals surface area contributed by atoms with Crippen LogP contribution in [0.15, 0.2) is 18.3 Å². The molecule has 0 saturated carbocycles. The highest BCUT2D eigenvalue weighted by molar-refractivity contribution is 5.98. The van der Waals surface area contributed by atoms with Crippen LogP contribution < -0.4 is 11.1 Å². The zero-order valence-electron chi connectivity index (χ0n) is 10.9. The van der Waals surface area contributed by atoms with Gasteiger partial charge in [-0.05, 0) is 23.5 Å². The van der Waals surface area contributed by atoms with E-state index in [1.807, 2.05) is 0 Å². The van der Waals surface area contributed by atoms with Gasteiger partial charge in [-0.25, -0.2) is 4.98 Å². The predicted molar refractivity (Wildman–Crippen MR) is 69.6 cm³/mol. The second kappa shape index (κ2) is 5.17. The van der Waals surface area contributed by atoms with E-state index >= 15 is 0 Å². The van der Waals surface area contributed by atoms with Crippen LogP contribution in [-0.4, -0.2) is 17.4 Å². The molecule has 0 aliphatic carbocycles. The van der Waals surface area contributed by atoms with Gasteiger partial charge in [0, 0.05) is 12.7 Å². The minimum absolute atomic E-state index is 0.0621. The Kier molecular flexibility index (Phi) is 4.10. The normalized spacial score (nSPS) is 11.6. The zero-order valence-corrected chi connectivity index (χ0v) is 10.9. The van der Waals surface area contributed by atoms with Gasteiger partial charge in [0.2, 0.25) is 0 Å². The number of nitrogen functional groups attached to an aromatic ring is 1. The summed E-state index contributed by atoms with van der Waals surface area (Å²) in [4.78, 5) is 15.8. The number of pyridine rings is 1. The lowest BCUT2D eigenvalue weighted by atomic mass is 9.81. The van der Waals surface area contributed by atoms with Crippen molar-refractivity contribution in [1.29, 1.82) is 0 Å². The van der Waals surface area contributed by atoms with E-state index in [1.54, 1.807) is 18.3 Å². The van der Waals surface area contributed by atoms with Crippen LogP contribution in [-0.2, 0) is 0 Å². The lowest BCUT2D eigenvalue weighted by Crippen LogP contribution is -2.37. The minimum Gasteiger partial charge on any atom is -0.383 e. The van der Waals surface area contributed by atoms with E-state index in [1.165, 1.54) is 0 Å². The number of nitrogens with one attached hydrogen (secondary N) is 1. The number of hydrogen-bond acceptors (Lipinski definition) is 3. The summed E-state index contributed by atoms with van der Waals surface area (Å²) in [7, 11) is 0. The van der Waals surface area contributed by atoms with Crippen LogP contribution in [0, 0.1) is 11.3 Å². The summed E-state index contributed by atoms with van der Waals surface area (Å²) in [5.74, 6) is 0.603. The van der Waals surface area contributed by atoms with Gasteiger partial charge in [0.25, 0.3) is 5.91 Å². The molecule has 0 unspecified atom stereocenters. The number of nitrogens with zero attached hydrogens (tertiary/aromatic N) is 1. The van der Waals surface area contributed by atoms with Crippen LogP contribution in [0.1, 0.15) is 38.1 Å². The molecule has 4 nitrogen and oxygen atoms in total. The van der Waals surface area contributed by atoms with Gasteiger partial charge in [-0.2, -0.15) is 0 Å². The molecule has 0 aromatic carbocycles. The van der Waals surface area contributed by atoms with E-state index in [-0.39, 0.29) is 17.1 Å². The van der Waals surface area contributed by atoms with Crippen LogP contribution >= 0.6 is 0 Å². The molecule has 0 aliphatic heterocycles. The van der Waals surface area contributed by atoms with E-state index in [2.05, 4.69) is 38.0 Å². The molecule has 17 heavy (non-hydrogen) atoms. The molecular weight excluding hydrogens is 214 g/mol. The molecule has 4 heteroatoms. The fourth-order valence-electron chi connectivity index (χ4n) is 1.22. The lowest BCUT2D eigenvalue weighted by Gasteiger charge is -2.29. The second-order valence-electron chi connectivity index (χ2n) is 5.26. The first-order chi connectivity index (χ1) is 7.84. The summed E-state index contributed by atoms with van der Waals surface area (Å²) in [6.07, 6.45) is 1.57. The smallest absolute Gasteiger partial charge is 0.255 e. The second-order valence-corrected chi connectivity index (χ2v) is 5.26. The summed E-state index contributed by atoms with van der Waals surface area (Å²) in [5.41, 5.74) is 6.15. The quantitative estimate of drug-likeness (QED) is 0.839. The average molecular weight is 235 g/mol. The third kappa shape index (κ3) is 3.44. The molecule has 1 aromatic heterocycles. The van der Waals surface area contributed by atoms with Crippen molar-refractivity contribution < 1.29 is 4.79 Å². The first-order valence-electron chi connectivity index (χ1n) is 5.83. The van der Waals surface area contributed by atoms with Crippen LogP contribution in [0.3, 0.4) is 0 Å². The van der Waals surface area contributed by atoms with Crippen LogP contribution in [0.5, 0.6) is 0 Å². The first kappa shape index (κ1) is 13.5. The molecule has 0 aliphatic rings. The molecule has 1 rings (SSSR count). The zero-order chi connectivity index (χ0) is 13.1. The number of carbonyl (C=O) groups excluding carboxylic acids is 1. The van der Waals surface area contributed by atoms with Gasteiger partial charge < -0.3 is 11.1 Å². The van der Waals surface area contributed by atoms with Gasteiger partial charge in [-0.3, -0.25) is 4.79 Å². The van der Waals surface area contributed by atoms with Gasteiger partial charge in [0.15, 0.2) is 0 Å². The van der Waals surface area contributed by atoms with Crippen molar-refractivity contribution in [2.24, 2.45) is 11.3 Å². The molecule has 3 N–H and O–H groups in total. The summed E-state index contributed by atoms with van der Waals surface area (Å²) >= 11 is 0. The molecule has 0 saturated heterocycles. The van der Waals surface area contributed by atoms with Crippen molar-refractivity contribution >= 4 is 11.7 Å². The highest BCUT2D eigenvalue weighted by Crippen LogP contribution is 2.24. The molecule has 1 aromatic rings. The maximum absolute atomic E-state index is 11.9. The Morgan fingerprint density at radius 1 is 1.53 bits per heavy atom. The maximum atomic E-state index is 11.9. The third-order valence-corrected chi connectivity index (χ3v) is 3.35. The highest BCUT2D eigenvalue weighted by atomic mass is 16.1. The Morgan fingerprint density at radius 2 is 2.18 bits per heavy atom. The van der Waals surface area contributed by atoms with Crippen LogP contribution in [0.4, 0.5) is 5.82 Å². The Labute approximate surface area is 103 Å². The van der Waals surface area contributed by atoms with Gasteiger partial charge in [-0.1, -0.05) is 27.7 Å². The summed E-state index contributed by atoms with van der Waals surface area (Å²) in [6, 6.07) is 3.39. The Bertz CT molecular complexity index is 399. The number of hydrogen-bond donors (Lipinski definition) is 2. The number of amides is 1. The molecule has 0 fully saturated rings. The molecule has 1 heterocycles. The Balaban J connectivity index is 2.66. The topological polar surface area (TPSA) is 68.0 Å². The number of anilines is 1. The monoisotopic (exact) mass is 235 g/mol. The fourth-order valence-corrected chi connectivity index (χ4v) is 1.22. The summed E-state index contributed by atoms with van der Waals surface area (Å²) < 4.78 is 0. The molecule has 94 valence electrons. The fraction of sp³-hybridized carbons (Fsp3) is 0.538. The van der Waals surface area contributed by atoms with Crippen molar-refractivity contribution in [3.05, 3.63) is 23.9 Å². The van der Waals surface area contributed by atoms with Crippen molar-refractivity contribution in [1.82, 2.24) is 10.3 Å². The number of carbonyl (C=O) groups is 1. The number of rotatable bonds is 4. The first-order valence-corrected chi connectivity index (χ1v) is 5.83. The summed E-state index contributed by atoms with van der Waals surface area (Å²) in [5, 5.41) is 2.90. The largest absolute Gasteiger partial charge is 0.383 e. The Hall–Kier alpha value is -1.58.